The van der Waals surface area contributed by atoms with E-state index < -0.39 is 0 Å². The molecule has 0 amide bonds. The molecule has 4 aliphatic rings. The van der Waals surface area contributed by atoms with Gasteiger partial charge in [-0.15, -0.1) is 11.6 Å². The highest BCUT2D eigenvalue weighted by molar-refractivity contribution is 6.21. The summed E-state index contributed by atoms with van der Waals surface area (Å²) >= 11 is 6.52. The van der Waals surface area contributed by atoms with Crippen molar-refractivity contribution in [2.24, 2.45) is 46.3 Å². The van der Waals surface area contributed by atoms with Gasteiger partial charge >= 0.3 is 0 Å². The van der Waals surface area contributed by atoms with Crippen molar-refractivity contribution in [2.45, 2.75) is 111 Å². The van der Waals surface area contributed by atoms with Crippen molar-refractivity contribution in [3.05, 3.63) is 11.6 Å². The molecule has 0 saturated heterocycles. The van der Waals surface area contributed by atoms with Gasteiger partial charge in [0.15, 0.2) is 0 Å². The van der Waals surface area contributed by atoms with Crippen LogP contribution in [-0.2, 0) is 0 Å². The largest absolute Gasteiger partial charge is 0.118 e. The average molecular weight is 405 g/mol. The monoisotopic (exact) mass is 404 g/mol. The van der Waals surface area contributed by atoms with Crippen LogP contribution in [0.2, 0.25) is 0 Å². The highest BCUT2D eigenvalue weighted by atomic mass is 35.5. The van der Waals surface area contributed by atoms with Crippen molar-refractivity contribution in [1.82, 2.24) is 0 Å². The first-order valence-electron chi connectivity index (χ1n) is 12.6. The van der Waals surface area contributed by atoms with E-state index in [1.807, 2.05) is 0 Å². The lowest BCUT2D eigenvalue weighted by atomic mass is 9.46. The lowest BCUT2D eigenvalue weighted by Crippen LogP contribution is -2.51. The van der Waals surface area contributed by atoms with Crippen LogP contribution in [0.3, 0.4) is 0 Å². The van der Waals surface area contributed by atoms with Crippen molar-refractivity contribution >= 4 is 11.6 Å². The van der Waals surface area contributed by atoms with Gasteiger partial charge < -0.3 is 0 Å². The maximum Gasteiger partial charge on any atom is 0.0519 e. The highest BCUT2D eigenvalue weighted by Crippen LogP contribution is 2.67. The van der Waals surface area contributed by atoms with Gasteiger partial charge in [0, 0.05) is 0 Å². The number of allylic oxidation sites excluding steroid dienone is 2. The Morgan fingerprint density at radius 1 is 0.964 bits per heavy atom. The van der Waals surface area contributed by atoms with E-state index in [1.165, 1.54) is 70.6 Å². The molecule has 0 radical (unpaired) electrons. The van der Waals surface area contributed by atoms with Crippen LogP contribution in [0.1, 0.15) is 105 Å². The second-order valence-corrected chi connectivity index (χ2v) is 12.7. The summed E-state index contributed by atoms with van der Waals surface area (Å²) in [6, 6.07) is 0. The Kier molecular flexibility index (Phi) is 6.03. The molecule has 160 valence electrons. The van der Waals surface area contributed by atoms with E-state index >= 15 is 0 Å². The molecular weight excluding hydrogens is 360 g/mol. The molecule has 0 spiro atoms. The Hall–Kier alpha value is 0.0300. The summed E-state index contributed by atoms with van der Waals surface area (Å²) in [6.07, 6.45) is 18.1. The highest BCUT2D eigenvalue weighted by Gasteiger charge is 2.59. The van der Waals surface area contributed by atoms with Crippen molar-refractivity contribution in [1.29, 1.82) is 0 Å². The average Bonchev–Trinajstić information content (AvgIpc) is 2.99. The summed E-state index contributed by atoms with van der Waals surface area (Å²) in [4.78, 5) is 0. The van der Waals surface area contributed by atoms with Gasteiger partial charge in [0.2, 0.25) is 0 Å². The lowest BCUT2D eigenvalue weighted by molar-refractivity contribution is -0.0591. The van der Waals surface area contributed by atoms with Gasteiger partial charge in [0.25, 0.3) is 0 Å². The fourth-order valence-corrected chi connectivity index (χ4v) is 8.97. The minimum Gasteiger partial charge on any atom is -0.118 e. The zero-order chi connectivity index (χ0) is 20.1. The van der Waals surface area contributed by atoms with Gasteiger partial charge in [-0.1, -0.05) is 65.5 Å². The molecule has 28 heavy (non-hydrogen) atoms. The number of fused-ring (bicyclic) bond motifs is 5. The minimum atomic E-state index is 0.302. The maximum atomic E-state index is 6.52. The smallest absolute Gasteiger partial charge is 0.0519 e. The normalized spacial score (nSPS) is 46.5. The van der Waals surface area contributed by atoms with Crippen LogP contribution in [0.15, 0.2) is 11.6 Å². The van der Waals surface area contributed by atoms with Gasteiger partial charge in [0.05, 0.1) is 5.38 Å². The molecule has 0 aromatic rings. The number of hydrogen-bond acceptors (Lipinski definition) is 0. The summed E-state index contributed by atoms with van der Waals surface area (Å²) in [5, 5.41) is 0.302. The zero-order valence-corrected chi connectivity index (χ0v) is 20.0. The van der Waals surface area contributed by atoms with Gasteiger partial charge in [-0.3, -0.25) is 0 Å². The summed E-state index contributed by atoms with van der Waals surface area (Å²) in [5.41, 5.74) is 2.83. The standard InChI is InChI=1S/C27H45Cl/c1-18(2)7-6-8-19(3)23-11-12-24-22-10-9-20-17-21(28)13-15-26(20,4)25(22)14-16-27(23,24)5/h17-19,21-25H,6-16H2,1-5H3/t19?,21?,22?,23?,24?,25?,26-,27+/m0/s1. The first kappa shape index (κ1) is 21.3. The van der Waals surface area contributed by atoms with E-state index in [1.54, 1.807) is 5.57 Å². The molecule has 6 unspecified atom stereocenters. The van der Waals surface area contributed by atoms with Crippen LogP contribution < -0.4 is 0 Å². The van der Waals surface area contributed by atoms with Crippen LogP contribution in [0.25, 0.3) is 0 Å². The molecular formula is C27H45Cl. The van der Waals surface area contributed by atoms with E-state index in [9.17, 15) is 0 Å². The second-order valence-electron chi connectivity index (χ2n) is 12.1. The van der Waals surface area contributed by atoms with Crippen LogP contribution in [0.4, 0.5) is 0 Å². The van der Waals surface area contributed by atoms with Crippen molar-refractivity contribution in [3.63, 3.8) is 0 Å². The fourth-order valence-electron chi connectivity index (χ4n) is 8.71. The van der Waals surface area contributed by atoms with Crippen molar-refractivity contribution in [2.75, 3.05) is 0 Å². The van der Waals surface area contributed by atoms with Gasteiger partial charge in [-0.25, -0.2) is 0 Å². The summed E-state index contributed by atoms with van der Waals surface area (Å²) < 4.78 is 0. The lowest BCUT2D eigenvalue weighted by Gasteiger charge is -2.59. The quantitative estimate of drug-likeness (QED) is 0.317. The SMILES string of the molecule is CC(C)CCCC(C)C1CCC2C3CCC4=CC(Cl)CC[C@]4(C)C3CC[C@]12C. The Morgan fingerprint density at radius 2 is 1.75 bits per heavy atom. The molecule has 8 atom stereocenters. The van der Waals surface area contributed by atoms with E-state index in [4.69, 9.17) is 11.6 Å². The number of halogens is 1. The number of alkyl halides is 1. The molecule has 3 saturated carbocycles. The molecule has 0 nitrogen and oxygen atoms in total. The summed E-state index contributed by atoms with van der Waals surface area (Å²) in [6.45, 7) is 12.7. The number of rotatable bonds is 5. The second kappa shape index (κ2) is 7.94. The number of hydrogen-bond donors (Lipinski definition) is 0. The first-order chi connectivity index (χ1) is 13.3. The Balaban J connectivity index is 1.48. The van der Waals surface area contributed by atoms with E-state index in [2.05, 4.69) is 40.7 Å². The van der Waals surface area contributed by atoms with Gasteiger partial charge in [0.1, 0.15) is 0 Å². The van der Waals surface area contributed by atoms with E-state index in [0.29, 0.717) is 16.2 Å². The minimum absolute atomic E-state index is 0.302. The molecule has 0 aliphatic heterocycles. The van der Waals surface area contributed by atoms with Crippen molar-refractivity contribution in [3.8, 4) is 0 Å². The van der Waals surface area contributed by atoms with Crippen LogP contribution in [-0.4, -0.2) is 5.38 Å². The molecule has 0 aromatic carbocycles. The molecule has 0 aromatic heterocycles. The molecule has 0 heterocycles. The molecule has 1 heteroatoms. The molecule has 0 N–H and O–H groups in total. The fraction of sp³-hybridized carbons (Fsp3) is 0.926. The molecule has 3 fully saturated rings. The molecule has 4 aliphatic carbocycles. The molecule has 4 rings (SSSR count). The maximum absolute atomic E-state index is 6.52. The van der Waals surface area contributed by atoms with E-state index in [0.717, 1.165) is 35.5 Å². The predicted molar refractivity (Wildman–Crippen MR) is 123 cm³/mol. The predicted octanol–water partition coefficient (Wildman–Crippen LogP) is 8.64. The third kappa shape index (κ3) is 3.52. The summed E-state index contributed by atoms with van der Waals surface area (Å²) in [5.74, 6) is 5.68. The Morgan fingerprint density at radius 3 is 2.50 bits per heavy atom. The van der Waals surface area contributed by atoms with Gasteiger partial charge in [-0.2, -0.15) is 0 Å². The summed E-state index contributed by atoms with van der Waals surface area (Å²) in [7, 11) is 0. The van der Waals surface area contributed by atoms with Crippen LogP contribution in [0, 0.1) is 46.3 Å². The Bertz CT molecular complexity index is 591. The van der Waals surface area contributed by atoms with Crippen LogP contribution in [0.5, 0.6) is 0 Å². The van der Waals surface area contributed by atoms with Gasteiger partial charge in [-0.05, 0) is 97.7 Å². The third-order valence-corrected chi connectivity index (χ3v) is 10.6. The Labute approximate surface area is 180 Å². The molecule has 0 bridgehead atoms. The van der Waals surface area contributed by atoms with Crippen molar-refractivity contribution < 1.29 is 0 Å². The zero-order valence-electron chi connectivity index (χ0n) is 19.3. The first-order valence-corrected chi connectivity index (χ1v) is 13.0. The van der Waals surface area contributed by atoms with Crippen LogP contribution >= 0.6 is 11.6 Å². The van der Waals surface area contributed by atoms with E-state index in [-0.39, 0.29) is 0 Å². The third-order valence-electron chi connectivity index (χ3n) is 10.3. The topological polar surface area (TPSA) is 0 Å².